The molecule has 0 aromatic rings. The highest BCUT2D eigenvalue weighted by atomic mass is 16.7. The second-order valence-corrected chi connectivity index (χ2v) is 18.7. The van der Waals surface area contributed by atoms with Gasteiger partial charge in [0, 0.05) is 31.7 Å². The maximum Gasteiger partial charge on any atom is 0.0826 e. The fraction of sp³-hybridized carbons (Fsp3) is 0.957. The number of unbranched alkanes of at least 4 members (excludes halogenated alkanes) is 9. The first-order chi connectivity index (χ1) is 26.3. The van der Waals surface area contributed by atoms with Crippen LogP contribution >= 0.6 is 0 Å². The van der Waals surface area contributed by atoms with Gasteiger partial charge in [0.1, 0.15) is 0 Å². The predicted octanol–water partition coefficient (Wildman–Crippen LogP) is 8.95. The van der Waals surface area contributed by atoms with Gasteiger partial charge in [-0.15, -0.1) is 0 Å². The maximum atomic E-state index is 7.00. The van der Waals surface area contributed by atoms with Crippen LogP contribution in [0.15, 0.2) is 11.1 Å². The summed E-state index contributed by atoms with van der Waals surface area (Å²) in [7, 11) is 0. The molecule has 4 rings (SSSR count). The first kappa shape index (κ1) is 46.1. The molecule has 9 atom stereocenters. The van der Waals surface area contributed by atoms with E-state index >= 15 is 0 Å². The van der Waals surface area contributed by atoms with E-state index in [1.165, 1.54) is 109 Å². The lowest BCUT2D eigenvalue weighted by Gasteiger charge is -2.47. The SMILES string of the molecule is CCCCCCCCCCCCNCCC/C(C)=C1\CC[C@H]2[C@@H]3[C@H](ONCCN)C[C@H]4C[C@H](OCCCN)CC[C@@](C)(C4)[C@H]3CC[C@H](OCCCN)[C@]12C. The normalized spacial score (nSPS) is 33.5. The minimum Gasteiger partial charge on any atom is -0.378 e. The number of allylic oxidation sites excluding steroid dienone is 1. The summed E-state index contributed by atoms with van der Waals surface area (Å²) in [5, 5.41) is 3.79. The maximum absolute atomic E-state index is 7.00. The zero-order valence-corrected chi connectivity index (χ0v) is 35.9. The highest BCUT2D eigenvalue weighted by Crippen LogP contribution is 2.65. The number of hydrogen-bond acceptors (Lipinski definition) is 8. The average molecular weight is 760 g/mol. The third kappa shape index (κ3) is 13.2. The Balaban J connectivity index is 1.45. The molecule has 0 aromatic carbocycles. The quantitative estimate of drug-likeness (QED) is 0.0319. The second-order valence-electron chi connectivity index (χ2n) is 18.7. The van der Waals surface area contributed by atoms with Crippen LogP contribution in [0.3, 0.4) is 0 Å². The largest absolute Gasteiger partial charge is 0.378 e. The van der Waals surface area contributed by atoms with Gasteiger partial charge in [-0.25, -0.2) is 5.48 Å². The molecule has 4 fully saturated rings. The molecule has 2 bridgehead atoms. The lowest BCUT2D eigenvalue weighted by Crippen LogP contribution is -2.47. The molecule has 8 N–H and O–H groups in total. The van der Waals surface area contributed by atoms with Crippen LogP contribution in [0.2, 0.25) is 0 Å². The van der Waals surface area contributed by atoms with Gasteiger partial charge in [-0.3, -0.25) is 4.84 Å². The van der Waals surface area contributed by atoms with Crippen molar-refractivity contribution in [3.05, 3.63) is 11.1 Å². The summed E-state index contributed by atoms with van der Waals surface area (Å²) in [6, 6.07) is 0. The highest BCUT2D eigenvalue weighted by molar-refractivity contribution is 5.30. The zero-order chi connectivity index (χ0) is 38.7. The number of hydrogen-bond donors (Lipinski definition) is 5. The molecular weight excluding hydrogens is 671 g/mol. The first-order valence-electron chi connectivity index (χ1n) is 23.4. The Morgan fingerprint density at radius 2 is 1.41 bits per heavy atom. The van der Waals surface area contributed by atoms with Crippen LogP contribution in [0.1, 0.15) is 175 Å². The molecule has 0 spiro atoms. The predicted molar refractivity (Wildman–Crippen MR) is 227 cm³/mol. The van der Waals surface area contributed by atoms with Gasteiger partial charge < -0.3 is 32.0 Å². The summed E-state index contributed by atoms with van der Waals surface area (Å²) < 4.78 is 13.5. The number of rotatable bonds is 27. The molecule has 4 aliphatic carbocycles. The number of ether oxygens (including phenoxy) is 2. The minimum atomic E-state index is 0.00966. The highest BCUT2D eigenvalue weighted by Gasteiger charge is 2.61. The Morgan fingerprint density at radius 3 is 2.11 bits per heavy atom. The molecule has 0 unspecified atom stereocenters. The third-order valence-corrected chi connectivity index (χ3v) is 14.7. The van der Waals surface area contributed by atoms with Crippen molar-refractivity contribution in [1.29, 1.82) is 0 Å². The third-order valence-electron chi connectivity index (χ3n) is 14.7. The van der Waals surface area contributed by atoms with Gasteiger partial charge >= 0.3 is 0 Å². The van der Waals surface area contributed by atoms with Crippen LogP contribution in [-0.4, -0.2) is 70.8 Å². The molecule has 4 saturated carbocycles. The van der Waals surface area contributed by atoms with E-state index in [1.807, 2.05) is 0 Å². The standard InChI is InChI=1S/C46H89N5O3/c1-5-6-7-8-9-10-11-12-13-14-28-50-29-15-18-36(2)39-19-20-41-44-40(21-22-43(46(39,41)4)53-32-17-26-48)45(3)24-23-38(52-31-16-25-47)33-37(35-45)34-42(44)54-51-30-27-49/h37-38,40-44,50-51H,5-35,47-49H2,1-4H3/b39-36+/t37-,38-,40+,41+,42-,43+,44-,45+,46-/m1/s1. The van der Waals surface area contributed by atoms with Gasteiger partial charge in [0.15, 0.2) is 0 Å². The monoisotopic (exact) mass is 760 g/mol. The Bertz CT molecular complexity index is 1040. The minimum absolute atomic E-state index is 0.00966. The van der Waals surface area contributed by atoms with E-state index in [2.05, 4.69) is 38.5 Å². The number of nitrogens with one attached hydrogen (secondary N) is 2. The van der Waals surface area contributed by atoms with Gasteiger partial charge in [0.25, 0.3) is 0 Å². The van der Waals surface area contributed by atoms with E-state index < -0.39 is 0 Å². The Hall–Kier alpha value is -0.580. The summed E-state index contributed by atoms with van der Waals surface area (Å²) >= 11 is 0. The number of hydroxylamine groups is 1. The van der Waals surface area contributed by atoms with Gasteiger partial charge in [-0.05, 0) is 152 Å². The van der Waals surface area contributed by atoms with Crippen molar-refractivity contribution < 1.29 is 14.3 Å². The van der Waals surface area contributed by atoms with E-state index in [4.69, 9.17) is 31.5 Å². The Labute approximate surface area is 333 Å². The van der Waals surface area contributed by atoms with Crippen molar-refractivity contribution in [2.45, 2.75) is 194 Å². The van der Waals surface area contributed by atoms with Crippen LogP contribution in [0.25, 0.3) is 0 Å². The topological polar surface area (TPSA) is 130 Å². The van der Waals surface area contributed by atoms with Crippen LogP contribution in [-0.2, 0) is 14.3 Å². The lowest BCUT2D eigenvalue weighted by atomic mass is 9.59. The summed E-state index contributed by atoms with van der Waals surface area (Å²) in [4.78, 5) is 6.83. The fourth-order valence-electron chi connectivity index (χ4n) is 11.9. The molecule has 0 radical (unpaired) electrons. The van der Waals surface area contributed by atoms with Crippen molar-refractivity contribution in [2.75, 3.05) is 52.5 Å². The van der Waals surface area contributed by atoms with Crippen molar-refractivity contribution in [3.8, 4) is 0 Å². The van der Waals surface area contributed by atoms with Gasteiger partial charge in [-0.2, -0.15) is 0 Å². The first-order valence-corrected chi connectivity index (χ1v) is 23.4. The fourth-order valence-corrected chi connectivity index (χ4v) is 11.9. The van der Waals surface area contributed by atoms with Crippen molar-refractivity contribution in [2.24, 2.45) is 51.7 Å². The lowest BCUT2D eigenvalue weighted by molar-refractivity contribution is -0.115. The molecule has 54 heavy (non-hydrogen) atoms. The summed E-state index contributed by atoms with van der Waals surface area (Å²) in [5.74, 6) is 2.22. The van der Waals surface area contributed by atoms with Gasteiger partial charge in [-0.1, -0.05) is 89.7 Å². The number of nitrogens with two attached hydrogens (primary N) is 3. The van der Waals surface area contributed by atoms with Gasteiger partial charge in [0.05, 0.1) is 18.3 Å². The van der Waals surface area contributed by atoms with Crippen molar-refractivity contribution in [3.63, 3.8) is 0 Å². The number of fused-ring (bicyclic) bond motifs is 6. The molecule has 0 aromatic heterocycles. The zero-order valence-electron chi connectivity index (χ0n) is 35.9. The van der Waals surface area contributed by atoms with E-state index in [0.717, 1.165) is 64.8 Å². The smallest absolute Gasteiger partial charge is 0.0826 e. The molecule has 4 aliphatic rings. The molecule has 8 nitrogen and oxygen atoms in total. The van der Waals surface area contributed by atoms with E-state index in [0.29, 0.717) is 56.0 Å². The van der Waals surface area contributed by atoms with Crippen LogP contribution < -0.4 is 28.0 Å². The second kappa shape index (κ2) is 25.0. The van der Waals surface area contributed by atoms with Crippen LogP contribution in [0.5, 0.6) is 0 Å². The molecule has 0 heterocycles. The van der Waals surface area contributed by atoms with E-state index in [1.54, 1.807) is 11.1 Å². The molecule has 8 heteroatoms. The summed E-state index contributed by atoms with van der Waals surface area (Å²) in [6.45, 7) is 16.5. The summed E-state index contributed by atoms with van der Waals surface area (Å²) in [5.41, 5.74) is 24.8. The average Bonchev–Trinajstić information content (AvgIpc) is 3.26. The molecular formula is C46H89N5O3. The van der Waals surface area contributed by atoms with E-state index in [-0.39, 0.29) is 23.0 Å². The van der Waals surface area contributed by atoms with Crippen molar-refractivity contribution in [1.82, 2.24) is 10.8 Å². The van der Waals surface area contributed by atoms with Gasteiger partial charge in [0.2, 0.25) is 0 Å². The molecule has 316 valence electrons. The Morgan fingerprint density at radius 1 is 0.722 bits per heavy atom. The van der Waals surface area contributed by atoms with Crippen LogP contribution in [0, 0.1) is 34.5 Å². The van der Waals surface area contributed by atoms with Crippen LogP contribution in [0.4, 0.5) is 0 Å². The summed E-state index contributed by atoms with van der Waals surface area (Å²) in [6.07, 6.45) is 29.6. The molecule has 0 aliphatic heterocycles. The van der Waals surface area contributed by atoms with E-state index in [9.17, 15) is 0 Å². The Kier molecular flexibility index (Phi) is 21.4. The molecule has 0 saturated heterocycles. The van der Waals surface area contributed by atoms with Crippen molar-refractivity contribution >= 4 is 0 Å². The molecule has 0 amide bonds.